The third kappa shape index (κ3) is 3.72. The summed E-state index contributed by atoms with van der Waals surface area (Å²) in [5, 5.41) is 0.243. The molecule has 0 N–H and O–H groups in total. The van der Waals surface area contributed by atoms with Gasteiger partial charge in [-0.05, 0) is 42.5 Å². The molecule has 26 heavy (non-hydrogen) atoms. The first-order valence-corrected chi connectivity index (χ1v) is 9.61. The quantitative estimate of drug-likeness (QED) is 0.796. The fraction of sp³-hybridized carbons (Fsp3) is 0.235. The van der Waals surface area contributed by atoms with Crippen molar-refractivity contribution in [1.82, 2.24) is 9.21 Å². The summed E-state index contributed by atoms with van der Waals surface area (Å²) in [6.45, 7) is 0.359. The predicted molar refractivity (Wildman–Crippen MR) is 92.5 cm³/mol. The molecule has 1 aliphatic rings. The van der Waals surface area contributed by atoms with E-state index in [4.69, 9.17) is 11.6 Å². The summed E-state index contributed by atoms with van der Waals surface area (Å²) in [4.78, 5) is 13.8. The average molecular weight is 401 g/mol. The Kier molecular flexibility index (Phi) is 5.27. The van der Waals surface area contributed by atoms with Gasteiger partial charge >= 0.3 is 0 Å². The Bertz CT molecular complexity index is 928. The summed E-state index contributed by atoms with van der Waals surface area (Å²) < 4.78 is 53.2. The van der Waals surface area contributed by atoms with E-state index >= 15 is 0 Å². The van der Waals surface area contributed by atoms with Crippen LogP contribution in [0.3, 0.4) is 0 Å². The summed E-state index contributed by atoms with van der Waals surface area (Å²) in [6, 6.07) is 8.27. The van der Waals surface area contributed by atoms with Gasteiger partial charge in [0.2, 0.25) is 10.0 Å². The molecule has 0 aliphatic carbocycles. The van der Waals surface area contributed by atoms with Crippen LogP contribution in [0.4, 0.5) is 8.78 Å². The maximum absolute atomic E-state index is 13.9. The zero-order valence-electron chi connectivity index (χ0n) is 13.5. The molecule has 0 aromatic heterocycles. The summed E-state index contributed by atoms with van der Waals surface area (Å²) in [5.74, 6) is -1.74. The van der Waals surface area contributed by atoms with Gasteiger partial charge in [0, 0.05) is 31.2 Å². The van der Waals surface area contributed by atoms with Crippen LogP contribution in [0.1, 0.15) is 10.4 Å². The van der Waals surface area contributed by atoms with Gasteiger partial charge in [-0.1, -0.05) is 11.6 Å². The molecule has 0 bridgehead atoms. The number of amides is 1. The van der Waals surface area contributed by atoms with Gasteiger partial charge in [0.15, 0.2) is 0 Å². The number of carbonyl (C=O) groups excluding carboxylic acids is 1. The summed E-state index contributed by atoms with van der Waals surface area (Å²) >= 11 is 5.81. The standard InChI is InChI=1S/C17H15ClF2N2O3S/c18-12-1-6-16(20)15(11-12)17(23)21-7-9-22(10-8-21)26(24,25)14-4-2-13(19)3-5-14/h1-6,11H,7-10H2. The highest BCUT2D eigenvalue weighted by atomic mass is 35.5. The first kappa shape index (κ1) is 18.8. The zero-order chi connectivity index (χ0) is 18.9. The number of hydrogen-bond donors (Lipinski definition) is 0. The molecule has 1 amide bonds. The third-order valence-electron chi connectivity index (χ3n) is 4.14. The topological polar surface area (TPSA) is 57.7 Å². The fourth-order valence-electron chi connectivity index (χ4n) is 2.72. The van der Waals surface area contributed by atoms with Crippen molar-refractivity contribution in [3.8, 4) is 0 Å². The van der Waals surface area contributed by atoms with Crippen LogP contribution in [0.25, 0.3) is 0 Å². The van der Waals surface area contributed by atoms with Crippen molar-refractivity contribution in [2.45, 2.75) is 4.90 Å². The van der Waals surface area contributed by atoms with E-state index < -0.39 is 27.6 Å². The van der Waals surface area contributed by atoms with Gasteiger partial charge in [-0.25, -0.2) is 17.2 Å². The van der Waals surface area contributed by atoms with E-state index in [2.05, 4.69) is 0 Å². The maximum Gasteiger partial charge on any atom is 0.256 e. The van der Waals surface area contributed by atoms with Crippen LogP contribution in [0, 0.1) is 11.6 Å². The Morgan fingerprint density at radius 3 is 2.19 bits per heavy atom. The molecular weight excluding hydrogens is 386 g/mol. The minimum atomic E-state index is -3.77. The molecule has 2 aromatic carbocycles. The van der Waals surface area contributed by atoms with Crippen molar-refractivity contribution in [1.29, 1.82) is 0 Å². The molecular formula is C17H15ClF2N2O3S. The summed E-state index contributed by atoms with van der Waals surface area (Å²) in [6.07, 6.45) is 0. The Balaban J connectivity index is 1.71. The van der Waals surface area contributed by atoms with E-state index in [1.807, 2.05) is 0 Å². The largest absolute Gasteiger partial charge is 0.336 e. The molecule has 1 heterocycles. The lowest BCUT2D eigenvalue weighted by Gasteiger charge is -2.34. The molecule has 1 fully saturated rings. The molecule has 0 atom stereocenters. The second-order valence-electron chi connectivity index (χ2n) is 5.77. The first-order valence-electron chi connectivity index (χ1n) is 7.79. The molecule has 0 spiro atoms. The van der Waals surface area contributed by atoms with Crippen molar-refractivity contribution in [2.75, 3.05) is 26.2 Å². The molecule has 2 aromatic rings. The molecule has 138 valence electrons. The van der Waals surface area contributed by atoms with Crippen molar-refractivity contribution in [2.24, 2.45) is 0 Å². The van der Waals surface area contributed by atoms with Crippen LogP contribution < -0.4 is 0 Å². The van der Waals surface area contributed by atoms with Crippen molar-refractivity contribution in [3.05, 3.63) is 64.7 Å². The Morgan fingerprint density at radius 2 is 1.58 bits per heavy atom. The van der Waals surface area contributed by atoms with Crippen LogP contribution in [0.2, 0.25) is 5.02 Å². The smallest absolute Gasteiger partial charge is 0.256 e. The number of rotatable bonds is 3. The lowest BCUT2D eigenvalue weighted by atomic mass is 10.1. The van der Waals surface area contributed by atoms with Gasteiger partial charge in [-0.3, -0.25) is 4.79 Å². The van der Waals surface area contributed by atoms with E-state index in [1.165, 1.54) is 33.5 Å². The summed E-state index contributed by atoms with van der Waals surface area (Å²) in [5.41, 5.74) is -0.146. The number of nitrogens with zero attached hydrogens (tertiary/aromatic N) is 2. The molecule has 0 radical (unpaired) electrons. The second kappa shape index (κ2) is 7.30. The Labute approximate surface area is 154 Å². The molecule has 0 unspecified atom stereocenters. The van der Waals surface area contributed by atoms with Crippen LogP contribution in [-0.2, 0) is 10.0 Å². The van der Waals surface area contributed by atoms with Crippen molar-refractivity contribution < 1.29 is 22.0 Å². The highest BCUT2D eigenvalue weighted by Gasteiger charge is 2.31. The first-order chi connectivity index (χ1) is 12.3. The lowest BCUT2D eigenvalue weighted by molar-refractivity contribution is 0.0693. The van der Waals surface area contributed by atoms with Gasteiger partial charge in [-0.15, -0.1) is 0 Å². The Hall–Kier alpha value is -2.03. The molecule has 9 heteroatoms. The molecule has 5 nitrogen and oxygen atoms in total. The van der Waals surface area contributed by atoms with Crippen molar-refractivity contribution in [3.63, 3.8) is 0 Å². The number of benzene rings is 2. The highest BCUT2D eigenvalue weighted by Crippen LogP contribution is 2.21. The molecule has 1 aliphatic heterocycles. The van der Waals surface area contributed by atoms with Gasteiger partial charge in [0.25, 0.3) is 5.91 Å². The molecule has 1 saturated heterocycles. The van der Waals surface area contributed by atoms with E-state index in [9.17, 15) is 22.0 Å². The number of sulfonamides is 1. The highest BCUT2D eigenvalue weighted by molar-refractivity contribution is 7.89. The van der Waals surface area contributed by atoms with Crippen LogP contribution in [0.5, 0.6) is 0 Å². The minimum absolute atomic E-state index is 0.0143. The van der Waals surface area contributed by atoms with E-state index in [0.717, 1.165) is 18.2 Å². The summed E-state index contributed by atoms with van der Waals surface area (Å²) in [7, 11) is -3.77. The molecule has 3 rings (SSSR count). The van der Waals surface area contributed by atoms with E-state index in [-0.39, 0.29) is 41.7 Å². The fourth-order valence-corrected chi connectivity index (χ4v) is 4.31. The van der Waals surface area contributed by atoms with Crippen molar-refractivity contribution >= 4 is 27.5 Å². The van der Waals surface area contributed by atoms with Gasteiger partial charge in [0.05, 0.1) is 10.5 Å². The van der Waals surface area contributed by atoms with Gasteiger partial charge < -0.3 is 4.90 Å². The molecule has 0 saturated carbocycles. The normalized spacial score (nSPS) is 15.9. The van der Waals surface area contributed by atoms with Gasteiger partial charge in [0.1, 0.15) is 11.6 Å². The number of hydrogen-bond acceptors (Lipinski definition) is 3. The Morgan fingerprint density at radius 1 is 0.962 bits per heavy atom. The number of carbonyl (C=O) groups is 1. The van der Waals surface area contributed by atoms with Crippen LogP contribution in [0.15, 0.2) is 47.4 Å². The van der Waals surface area contributed by atoms with Crippen LogP contribution in [-0.4, -0.2) is 49.7 Å². The second-order valence-corrected chi connectivity index (χ2v) is 8.15. The van der Waals surface area contributed by atoms with Crippen LogP contribution >= 0.6 is 11.6 Å². The minimum Gasteiger partial charge on any atom is -0.336 e. The SMILES string of the molecule is O=C(c1cc(Cl)ccc1F)N1CCN(S(=O)(=O)c2ccc(F)cc2)CC1. The average Bonchev–Trinajstić information content (AvgIpc) is 2.63. The van der Waals surface area contributed by atoms with E-state index in [1.54, 1.807) is 0 Å². The number of piperazine rings is 1. The van der Waals surface area contributed by atoms with Gasteiger partial charge in [-0.2, -0.15) is 4.31 Å². The zero-order valence-corrected chi connectivity index (χ0v) is 15.1. The third-order valence-corrected chi connectivity index (χ3v) is 6.28. The van der Waals surface area contributed by atoms with E-state index in [0.29, 0.717) is 0 Å². The monoisotopic (exact) mass is 400 g/mol. The maximum atomic E-state index is 13.9. The predicted octanol–water partition coefficient (Wildman–Crippen LogP) is 2.76. The number of halogens is 3. The lowest BCUT2D eigenvalue weighted by Crippen LogP contribution is -2.50.